The number of morpholine rings is 1. The van der Waals surface area contributed by atoms with Crippen molar-refractivity contribution in [2.45, 2.75) is 13.3 Å². The molecule has 1 N–H and O–H groups in total. The van der Waals surface area contributed by atoms with Crippen molar-refractivity contribution in [2.24, 2.45) is 10.1 Å². The molecule has 1 saturated heterocycles. The Balaban J connectivity index is 1.60. The van der Waals surface area contributed by atoms with Gasteiger partial charge in [0.25, 0.3) is 5.91 Å². The molecule has 0 atom stereocenters. The second-order valence-electron chi connectivity index (χ2n) is 6.10. The molecule has 0 aliphatic carbocycles. The van der Waals surface area contributed by atoms with Gasteiger partial charge in [0.15, 0.2) is 11.0 Å². The van der Waals surface area contributed by atoms with Crippen LogP contribution in [0.1, 0.15) is 18.1 Å². The monoisotopic (exact) mass is 369 g/mol. The van der Waals surface area contributed by atoms with Crippen LogP contribution in [0.3, 0.4) is 0 Å². The van der Waals surface area contributed by atoms with Crippen LogP contribution >= 0.6 is 11.8 Å². The van der Waals surface area contributed by atoms with Gasteiger partial charge in [-0.1, -0.05) is 31.2 Å². The molecule has 3 aliphatic heterocycles. The molecule has 1 aromatic carbocycles. The van der Waals surface area contributed by atoms with Gasteiger partial charge < -0.3 is 9.64 Å². The number of aryl methyl sites for hydroxylation is 1. The molecule has 1 aromatic rings. The Labute approximate surface area is 155 Å². The number of hydrazone groups is 1. The maximum atomic E-state index is 12.4. The van der Waals surface area contributed by atoms with E-state index in [1.165, 1.54) is 22.3 Å². The number of nitrogens with one attached hydrogen (secondary N) is 1. The number of hydrogen-bond donors (Lipinski definition) is 1. The van der Waals surface area contributed by atoms with E-state index < -0.39 is 5.91 Å². The van der Waals surface area contributed by atoms with Gasteiger partial charge in [0.1, 0.15) is 0 Å². The minimum Gasteiger partial charge on any atom is -0.378 e. The Morgan fingerprint density at radius 2 is 1.96 bits per heavy atom. The lowest BCUT2D eigenvalue weighted by Crippen LogP contribution is -2.39. The number of amidine groups is 3. The Morgan fingerprint density at radius 1 is 1.23 bits per heavy atom. The first-order valence-corrected chi connectivity index (χ1v) is 9.39. The highest BCUT2D eigenvalue weighted by atomic mass is 32.2. The summed E-state index contributed by atoms with van der Waals surface area (Å²) in [5.41, 5.74) is 2.36. The van der Waals surface area contributed by atoms with E-state index in [1.807, 2.05) is 24.3 Å². The van der Waals surface area contributed by atoms with Crippen LogP contribution in [-0.4, -0.2) is 58.3 Å². The number of carbonyl (C=O) groups excluding carboxylic acids is 1. The third-order valence-electron chi connectivity index (χ3n) is 4.42. The molecule has 0 unspecified atom stereocenters. The van der Waals surface area contributed by atoms with Crippen LogP contribution in [0.15, 0.2) is 39.9 Å². The molecule has 0 bridgehead atoms. The molecule has 134 valence electrons. The Kier molecular flexibility index (Phi) is 4.60. The van der Waals surface area contributed by atoms with Crippen LogP contribution in [0.5, 0.6) is 0 Å². The van der Waals surface area contributed by atoms with E-state index in [0.717, 1.165) is 30.2 Å². The number of amides is 1. The highest BCUT2D eigenvalue weighted by molar-refractivity contribution is 8.26. The van der Waals surface area contributed by atoms with Gasteiger partial charge in [-0.25, -0.2) is 0 Å². The molecule has 8 heteroatoms. The Hall–Kier alpha value is -2.45. The average Bonchev–Trinajstić information content (AvgIpc) is 3.10. The highest BCUT2D eigenvalue weighted by Crippen LogP contribution is 2.29. The van der Waals surface area contributed by atoms with Crippen LogP contribution in [0.25, 0.3) is 6.08 Å². The maximum absolute atomic E-state index is 12.4. The van der Waals surface area contributed by atoms with Gasteiger partial charge in [-0.2, -0.15) is 10.0 Å². The molecule has 0 saturated carbocycles. The molecular formula is C18H19N5O2S. The van der Waals surface area contributed by atoms with Gasteiger partial charge in [0, 0.05) is 13.1 Å². The molecule has 3 heterocycles. The van der Waals surface area contributed by atoms with Crippen molar-refractivity contribution in [1.82, 2.24) is 9.91 Å². The number of carbonyl (C=O) groups is 1. The van der Waals surface area contributed by atoms with Crippen LogP contribution in [0.4, 0.5) is 0 Å². The molecule has 1 fully saturated rings. The third kappa shape index (κ3) is 3.17. The summed E-state index contributed by atoms with van der Waals surface area (Å²) >= 11 is 1.33. The third-order valence-corrected chi connectivity index (χ3v) is 5.39. The maximum Gasteiger partial charge on any atom is 0.283 e. The largest absolute Gasteiger partial charge is 0.378 e. The van der Waals surface area contributed by atoms with E-state index in [-0.39, 0.29) is 11.4 Å². The zero-order chi connectivity index (χ0) is 18.1. The first kappa shape index (κ1) is 17.0. The van der Waals surface area contributed by atoms with Crippen LogP contribution < -0.4 is 0 Å². The number of ether oxygens (including phenoxy) is 1. The number of nitrogens with zero attached hydrogens (tertiary/aromatic N) is 4. The van der Waals surface area contributed by atoms with Crippen molar-refractivity contribution in [3.05, 3.63) is 41.0 Å². The van der Waals surface area contributed by atoms with Gasteiger partial charge in [0.05, 0.1) is 18.8 Å². The summed E-state index contributed by atoms with van der Waals surface area (Å²) in [6.45, 7) is 4.91. The van der Waals surface area contributed by atoms with Gasteiger partial charge >= 0.3 is 0 Å². The van der Waals surface area contributed by atoms with E-state index in [2.05, 4.69) is 21.9 Å². The summed E-state index contributed by atoms with van der Waals surface area (Å²) in [5.74, 6) is -0.331. The van der Waals surface area contributed by atoms with Crippen molar-refractivity contribution in [2.75, 3.05) is 26.3 Å². The van der Waals surface area contributed by atoms with Gasteiger partial charge in [-0.3, -0.25) is 10.2 Å². The summed E-state index contributed by atoms with van der Waals surface area (Å²) in [6.07, 6.45) is 2.67. The smallest absolute Gasteiger partial charge is 0.283 e. The summed E-state index contributed by atoms with van der Waals surface area (Å²) in [5, 5.41) is 15.6. The molecule has 7 nitrogen and oxygen atoms in total. The minimum atomic E-state index is -0.397. The summed E-state index contributed by atoms with van der Waals surface area (Å²) in [6, 6.07) is 7.95. The predicted molar refractivity (Wildman–Crippen MR) is 103 cm³/mol. The lowest BCUT2D eigenvalue weighted by molar-refractivity contribution is -0.114. The molecule has 26 heavy (non-hydrogen) atoms. The van der Waals surface area contributed by atoms with E-state index in [0.29, 0.717) is 18.4 Å². The van der Waals surface area contributed by atoms with Crippen molar-refractivity contribution in [3.8, 4) is 0 Å². The number of hydrogen-bond acceptors (Lipinski definition) is 6. The van der Waals surface area contributed by atoms with E-state index in [9.17, 15) is 4.79 Å². The SMILES string of the molecule is CCc1ccc(/C=C2\C(=N)N3N=C(N4CCOCC4)SC3=NC2=O)cc1. The standard InChI is InChI=1S/C18H19N5O2S/c1-2-12-3-5-13(6-4-12)11-14-15(19)23-17(20-16(14)24)26-18(21-23)22-7-9-25-10-8-22/h3-6,11,19H,2,7-10H2,1H3/b14-11+,19-15?. The lowest BCUT2D eigenvalue weighted by atomic mass is 10.1. The molecule has 1 amide bonds. The van der Waals surface area contributed by atoms with Crippen LogP contribution in [-0.2, 0) is 16.0 Å². The number of rotatable bonds is 2. The molecule has 3 aliphatic rings. The van der Waals surface area contributed by atoms with Gasteiger partial charge in [-0.05, 0) is 35.4 Å². The zero-order valence-electron chi connectivity index (χ0n) is 14.4. The second-order valence-corrected chi connectivity index (χ2v) is 7.03. The second kappa shape index (κ2) is 7.05. The number of thioether (sulfide) groups is 1. The van der Waals surface area contributed by atoms with E-state index in [4.69, 9.17) is 10.1 Å². The van der Waals surface area contributed by atoms with E-state index in [1.54, 1.807) is 6.08 Å². The van der Waals surface area contributed by atoms with Crippen molar-refractivity contribution in [3.63, 3.8) is 0 Å². The fourth-order valence-electron chi connectivity index (χ4n) is 2.88. The first-order chi connectivity index (χ1) is 12.7. The molecule has 4 rings (SSSR count). The molecule has 0 aromatic heterocycles. The van der Waals surface area contributed by atoms with E-state index >= 15 is 0 Å². The normalized spacial score (nSPS) is 21.8. The fraction of sp³-hybridized carbons (Fsp3) is 0.333. The quantitative estimate of drug-likeness (QED) is 0.808. The first-order valence-electron chi connectivity index (χ1n) is 8.57. The lowest BCUT2D eigenvalue weighted by Gasteiger charge is -2.26. The Morgan fingerprint density at radius 3 is 2.65 bits per heavy atom. The fourth-order valence-corrected chi connectivity index (χ4v) is 3.83. The average molecular weight is 369 g/mol. The van der Waals surface area contributed by atoms with Gasteiger partial charge in [0.2, 0.25) is 5.17 Å². The van der Waals surface area contributed by atoms with Crippen molar-refractivity contribution < 1.29 is 9.53 Å². The highest BCUT2D eigenvalue weighted by Gasteiger charge is 2.37. The van der Waals surface area contributed by atoms with Gasteiger partial charge in [-0.15, -0.1) is 5.10 Å². The Bertz CT molecular complexity index is 838. The minimum absolute atomic E-state index is 0.0651. The van der Waals surface area contributed by atoms with Crippen LogP contribution in [0, 0.1) is 5.41 Å². The predicted octanol–water partition coefficient (Wildman–Crippen LogP) is 2.16. The number of fused-ring (bicyclic) bond motifs is 1. The molecular weight excluding hydrogens is 350 g/mol. The summed E-state index contributed by atoms with van der Waals surface area (Å²) in [7, 11) is 0. The zero-order valence-corrected chi connectivity index (χ0v) is 15.3. The van der Waals surface area contributed by atoms with Crippen molar-refractivity contribution in [1.29, 1.82) is 5.41 Å². The van der Waals surface area contributed by atoms with Crippen molar-refractivity contribution >= 4 is 39.9 Å². The number of benzene rings is 1. The van der Waals surface area contributed by atoms with Crippen LogP contribution in [0.2, 0.25) is 0 Å². The molecule has 0 spiro atoms. The summed E-state index contributed by atoms with van der Waals surface area (Å²) in [4.78, 5) is 18.7. The number of aliphatic imine (C=N–C) groups is 1. The topological polar surface area (TPSA) is 81.3 Å². The summed E-state index contributed by atoms with van der Waals surface area (Å²) < 4.78 is 5.36. The molecule has 0 radical (unpaired) electrons.